The van der Waals surface area contributed by atoms with Gasteiger partial charge >= 0.3 is 0 Å². The van der Waals surface area contributed by atoms with E-state index in [1.54, 1.807) is 0 Å². The first-order valence-electron chi connectivity index (χ1n) is 6.85. The van der Waals surface area contributed by atoms with Gasteiger partial charge in [0.25, 0.3) is 0 Å². The van der Waals surface area contributed by atoms with Crippen LogP contribution in [0.3, 0.4) is 0 Å². The number of carbonyl (C=O) groups is 1. The van der Waals surface area contributed by atoms with Crippen LogP contribution in [0.25, 0.3) is 0 Å². The standard InChI is InChI=1S/C15H28O2Si/c1-14(2,3)18(6,7)17-11-12-9-8-10-13(16)15(12,4)5/h9H,8,10-11H2,1-7H3. The van der Waals surface area contributed by atoms with Crippen molar-refractivity contribution in [2.24, 2.45) is 5.41 Å². The van der Waals surface area contributed by atoms with Gasteiger partial charge in [-0.25, -0.2) is 0 Å². The third-order valence-electron chi connectivity index (χ3n) is 4.66. The SMILES string of the molecule is CC1(C)C(=O)CCC=C1CO[Si](C)(C)C(C)(C)C. The summed E-state index contributed by atoms with van der Waals surface area (Å²) in [6.07, 6.45) is 3.75. The Labute approximate surface area is 113 Å². The molecule has 0 radical (unpaired) electrons. The molecule has 0 aromatic carbocycles. The molecule has 0 spiro atoms. The molecule has 0 N–H and O–H groups in total. The fourth-order valence-electron chi connectivity index (χ4n) is 1.84. The van der Waals surface area contributed by atoms with Crippen LogP contribution in [0, 0.1) is 5.41 Å². The largest absolute Gasteiger partial charge is 0.413 e. The van der Waals surface area contributed by atoms with Crippen molar-refractivity contribution in [3.63, 3.8) is 0 Å². The molecule has 3 heteroatoms. The fraction of sp³-hybridized carbons (Fsp3) is 0.800. The smallest absolute Gasteiger partial charge is 0.192 e. The lowest BCUT2D eigenvalue weighted by atomic mass is 9.75. The maximum atomic E-state index is 12.0. The van der Waals surface area contributed by atoms with Gasteiger partial charge in [-0.2, -0.15) is 0 Å². The van der Waals surface area contributed by atoms with Gasteiger partial charge in [-0.15, -0.1) is 0 Å². The second-order valence-corrected chi connectivity index (χ2v) is 12.2. The maximum Gasteiger partial charge on any atom is 0.192 e. The number of rotatable bonds is 3. The van der Waals surface area contributed by atoms with Gasteiger partial charge in [0.15, 0.2) is 8.32 Å². The summed E-state index contributed by atoms with van der Waals surface area (Å²) in [7, 11) is -1.73. The van der Waals surface area contributed by atoms with Crippen LogP contribution in [0.5, 0.6) is 0 Å². The molecule has 1 aliphatic carbocycles. The maximum absolute atomic E-state index is 12.0. The van der Waals surface area contributed by atoms with Gasteiger partial charge in [0.1, 0.15) is 5.78 Å². The first kappa shape index (κ1) is 15.6. The molecule has 0 aromatic heterocycles. The van der Waals surface area contributed by atoms with E-state index in [9.17, 15) is 4.79 Å². The molecule has 0 bridgehead atoms. The minimum absolute atomic E-state index is 0.219. The Morgan fingerprint density at radius 3 is 2.39 bits per heavy atom. The minimum Gasteiger partial charge on any atom is -0.413 e. The van der Waals surface area contributed by atoms with Crippen molar-refractivity contribution in [3.8, 4) is 0 Å². The highest BCUT2D eigenvalue weighted by atomic mass is 28.4. The normalized spacial score (nSPS) is 20.8. The second-order valence-electron chi connectivity index (χ2n) is 7.37. The molecule has 0 saturated carbocycles. The van der Waals surface area contributed by atoms with Gasteiger partial charge in [-0.05, 0) is 44.0 Å². The van der Waals surface area contributed by atoms with Crippen molar-refractivity contribution >= 4 is 14.1 Å². The topological polar surface area (TPSA) is 26.3 Å². The molecule has 18 heavy (non-hydrogen) atoms. The van der Waals surface area contributed by atoms with Crippen LogP contribution in [0.1, 0.15) is 47.5 Å². The van der Waals surface area contributed by atoms with Crippen molar-refractivity contribution in [2.75, 3.05) is 6.61 Å². The fourth-order valence-corrected chi connectivity index (χ4v) is 2.79. The van der Waals surface area contributed by atoms with E-state index >= 15 is 0 Å². The number of carbonyl (C=O) groups excluding carboxylic acids is 1. The summed E-state index contributed by atoms with van der Waals surface area (Å²) < 4.78 is 6.24. The molecule has 0 aromatic rings. The first-order valence-corrected chi connectivity index (χ1v) is 9.76. The highest BCUT2D eigenvalue weighted by molar-refractivity contribution is 6.74. The van der Waals surface area contributed by atoms with Gasteiger partial charge in [-0.1, -0.05) is 26.8 Å². The Bertz CT molecular complexity index is 359. The van der Waals surface area contributed by atoms with Crippen LogP contribution in [-0.4, -0.2) is 20.7 Å². The van der Waals surface area contributed by atoms with E-state index in [4.69, 9.17) is 4.43 Å². The average molecular weight is 268 g/mol. The summed E-state index contributed by atoms with van der Waals surface area (Å²) in [4.78, 5) is 12.0. The van der Waals surface area contributed by atoms with E-state index in [0.29, 0.717) is 18.8 Å². The summed E-state index contributed by atoms with van der Waals surface area (Å²) in [6, 6.07) is 0. The second kappa shape index (κ2) is 4.93. The lowest BCUT2D eigenvalue weighted by molar-refractivity contribution is -0.126. The minimum atomic E-state index is -1.73. The molecule has 0 atom stereocenters. The summed E-state index contributed by atoms with van der Waals surface area (Å²) in [5.74, 6) is 0.346. The van der Waals surface area contributed by atoms with Gasteiger partial charge in [0, 0.05) is 11.8 Å². The quantitative estimate of drug-likeness (QED) is 0.563. The zero-order valence-electron chi connectivity index (χ0n) is 13.0. The number of allylic oxidation sites excluding steroid dienone is 1. The monoisotopic (exact) mass is 268 g/mol. The van der Waals surface area contributed by atoms with Gasteiger partial charge in [-0.3, -0.25) is 4.79 Å². The molecule has 1 rings (SSSR count). The van der Waals surface area contributed by atoms with Crippen LogP contribution in [0.2, 0.25) is 18.1 Å². The molecule has 0 heterocycles. The molecule has 104 valence electrons. The van der Waals surface area contributed by atoms with Gasteiger partial charge in [0.05, 0.1) is 6.61 Å². The molecular weight excluding hydrogens is 240 g/mol. The van der Waals surface area contributed by atoms with Crippen LogP contribution < -0.4 is 0 Å². The molecule has 0 fully saturated rings. The van der Waals surface area contributed by atoms with Gasteiger partial charge in [0.2, 0.25) is 0 Å². The molecule has 0 unspecified atom stereocenters. The molecule has 1 aliphatic rings. The third-order valence-corrected chi connectivity index (χ3v) is 9.14. The Hall–Kier alpha value is -0.413. The summed E-state index contributed by atoms with van der Waals surface area (Å²) >= 11 is 0. The Balaban J connectivity index is 2.75. The third kappa shape index (κ3) is 3.12. The number of hydrogen-bond acceptors (Lipinski definition) is 2. The Morgan fingerprint density at radius 2 is 1.89 bits per heavy atom. The van der Waals surface area contributed by atoms with E-state index < -0.39 is 8.32 Å². The van der Waals surface area contributed by atoms with Crippen LogP contribution >= 0.6 is 0 Å². The van der Waals surface area contributed by atoms with Crippen LogP contribution in [0.15, 0.2) is 11.6 Å². The van der Waals surface area contributed by atoms with Crippen molar-refractivity contribution in [3.05, 3.63) is 11.6 Å². The number of Topliss-reactive ketones (excluding diaryl/α,β-unsaturated/α-hetero) is 1. The highest BCUT2D eigenvalue weighted by Crippen LogP contribution is 2.39. The van der Waals surface area contributed by atoms with E-state index in [1.807, 2.05) is 13.8 Å². The summed E-state index contributed by atoms with van der Waals surface area (Å²) in [5.41, 5.74) is 0.837. The van der Waals surface area contributed by atoms with E-state index in [0.717, 1.165) is 6.42 Å². The lowest BCUT2D eigenvalue weighted by Gasteiger charge is -2.38. The highest BCUT2D eigenvalue weighted by Gasteiger charge is 2.39. The van der Waals surface area contributed by atoms with E-state index in [1.165, 1.54) is 5.57 Å². The van der Waals surface area contributed by atoms with E-state index in [-0.39, 0.29) is 10.5 Å². The Morgan fingerprint density at radius 1 is 1.33 bits per heavy atom. The van der Waals surface area contributed by atoms with Crippen molar-refractivity contribution in [1.29, 1.82) is 0 Å². The molecule has 0 saturated heterocycles. The summed E-state index contributed by atoms with van der Waals surface area (Å²) in [5, 5.41) is 0.219. The van der Waals surface area contributed by atoms with E-state index in [2.05, 4.69) is 39.9 Å². The van der Waals surface area contributed by atoms with Crippen molar-refractivity contribution in [2.45, 2.75) is 65.6 Å². The molecule has 2 nitrogen and oxygen atoms in total. The first-order chi connectivity index (χ1) is 7.98. The summed E-state index contributed by atoms with van der Waals surface area (Å²) in [6.45, 7) is 15.9. The predicted molar refractivity (Wildman–Crippen MR) is 79.3 cm³/mol. The molecular formula is C15H28O2Si. The van der Waals surface area contributed by atoms with Crippen molar-refractivity contribution in [1.82, 2.24) is 0 Å². The van der Waals surface area contributed by atoms with Crippen LogP contribution in [-0.2, 0) is 9.22 Å². The Kier molecular flexibility index (Phi) is 4.29. The zero-order chi connectivity index (χ0) is 14.2. The number of hydrogen-bond donors (Lipinski definition) is 0. The molecule has 0 aliphatic heterocycles. The predicted octanol–water partition coefficient (Wildman–Crippen LogP) is 4.32. The lowest BCUT2D eigenvalue weighted by Crippen LogP contribution is -2.42. The zero-order valence-corrected chi connectivity index (χ0v) is 14.0. The van der Waals surface area contributed by atoms with Gasteiger partial charge < -0.3 is 4.43 Å². The van der Waals surface area contributed by atoms with Crippen LogP contribution in [0.4, 0.5) is 0 Å². The average Bonchev–Trinajstić information content (AvgIpc) is 2.18. The van der Waals surface area contributed by atoms with Crippen molar-refractivity contribution < 1.29 is 9.22 Å². The number of ketones is 1. The molecule has 0 amide bonds.